The van der Waals surface area contributed by atoms with Gasteiger partial charge in [-0.25, -0.2) is 4.79 Å². The standard InChI is InChI=1S/C17H18N4O3/c1-24-17(23)12-4-5-13-9-21(7-6-11(13)8-12)16(22)15-14(10-2-3-10)18-20-19-15/h4-5,8,10H,2-3,6-7,9H2,1H3,(H,18,19,20). The molecule has 1 N–H and O–H groups in total. The van der Waals surface area contributed by atoms with E-state index in [-0.39, 0.29) is 11.9 Å². The lowest BCUT2D eigenvalue weighted by Gasteiger charge is -2.28. The number of hydrogen-bond acceptors (Lipinski definition) is 5. The van der Waals surface area contributed by atoms with Crippen LogP contribution in [0.25, 0.3) is 0 Å². The van der Waals surface area contributed by atoms with Crippen LogP contribution in [-0.2, 0) is 17.7 Å². The fourth-order valence-electron chi connectivity index (χ4n) is 3.16. The summed E-state index contributed by atoms with van der Waals surface area (Å²) in [4.78, 5) is 26.2. The minimum atomic E-state index is -0.340. The quantitative estimate of drug-likeness (QED) is 0.867. The van der Waals surface area contributed by atoms with E-state index in [4.69, 9.17) is 4.74 Å². The van der Waals surface area contributed by atoms with Crippen LogP contribution in [0.15, 0.2) is 18.2 Å². The van der Waals surface area contributed by atoms with Gasteiger partial charge in [0.2, 0.25) is 0 Å². The zero-order chi connectivity index (χ0) is 16.7. The van der Waals surface area contributed by atoms with Crippen molar-refractivity contribution in [2.24, 2.45) is 0 Å². The number of aromatic amines is 1. The summed E-state index contributed by atoms with van der Waals surface area (Å²) >= 11 is 0. The van der Waals surface area contributed by atoms with E-state index in [1.807, 2.05) is 12.1 Å². The summed E-state index contributed by atoms with van der Waals surface area (Å²) in [6.07, 6.45) is 2.86. The first-order chi connectivity index (χ1) is 11.7. The Morgan fingerprint density at radius 1 is 1.25 bits per heavy atom. The number of nitrogens with one attached hydrogen (secondary N) is 1. The number of rotatable bonds is 3. The molecule has 2 aliphatic rings. The highest BCUT2D eigenvalue weighted by molar-refractivity contribution is 5.94. The molecule has 2 aromatic rings. The number of H-pyrrole nitrogens is 1. The minimum Gasteiger partial charge on any atom is -0.465 e. The monoisotopic (exact) mass is 326 g/mol. The van der Waals surface area contributed by atoms with E-state index >= 15 is 0 Å². The largest absolute Gasteiger partial charge is 0.465 e. The lowest BCUT2D eigenvalue weighted by Crippen LogP contribution is -2.36. The van der Waals surface area contributed by atoms with Crippen LogP contribution in [0.1, 0.15) is 56.4 Å². The predicted octanol–water partition coefficient (Wildman–Crippen LogP) is 1.67. The van der Waals surface area contributed by atoms with E-state index < -0.39 is 0 Å². The van der Waals surface area contributed by atoms with E-state index in [1.54, 1.807) is 11.0 Å². The molecule has 1 aliphatic heterocycles. The Morgan fingerprint density at radius 2 is 2.08 bits per heavy atom. The van der Waals surface area contributed by atoms with Gasteiger partial charge in [0, 0.05) is 19.0 Å². The van der Waals surface area contributed by atoms with Crippen molar-refractivity contribution in [1.82, 2.24) is 20.3 Å². The molecule has 7 nitrogen and oxygen atoms in total. The Bertz CT molecular complexity index is 810. The molecule has 1 aromatic carbocycles. The topological polar surface area (TPSA) is 88.2 Å². The molecule has 0 unspecified atom stereocenters. The molecule has 0 atom stereocenters. The Hall–Kier alpha value is -2.70. The second kappa shape index (κ2) is 5.74. The molecule has 1 saturated carbocycles. The van der Waals surface area contributed by atoms with E-state index in [0.29, 0.717) is 36.7 Å². The summed E-state index contributed by atoms with van der Waals surface area (Å²) < 4.78 is 4.75. The molecular weight excluding hydrogens is 308 g/mol. The molecule has 1 aromatic heterocycles. The van der Waals surface area contributed by atoms with Gasteiger partial charge in [-0.15, -0.1) is 0 Å². The molecule has 24 heavy (non-hydrogen) atoms. The molecule has 1 amide bonds. The fraction of sp³-hybridized carbons (Fsp3) is 0.412. The van der Waals surface area contributed by atoms with Crippen LogP contribution in [0.3, 0.4) is 0 Å². The zero-order valence-corrected chi connectivity index (χ0v) is 13.4. The maximum absolute atomic E-state index is 12.8. The molecule has 0 saturated heterocycles. The number of esters is 1. The number of methoxy groups -OCH3 is 1. The Labute approximate surface area is 139 Å². The van der Waals surface area contributed by atoms with Gasteiger partial charge in [-0.05, 0) is 42.5 Å². The molecule has 0 bridgehead atoms. The van der Waals surface area contributed by atoms with E-state index in [9.17, 15) is 9.59 Å². The molecule has 124 valence electrons. The van der Waals surface area contributed by atoms with Crippen molar-refractivity contribution >= 4 is 11.9 Å². The number of fused-ring (bicyclic) bond motifs is 1. The zero-order valence-electron chi connectivity index (χ0n) is 13.4. The summed E-state index contributed by atoms with van der Waals surface area (Å²) in [5.74, 6) is -0.0382. The third kappa shape index (κ3) is 2.55. The van der Waals surface area contributed by atoms with Crippen LogP contribution < -0.4 is 0 Å². The summed E-state index contributed by atoms with van der Waals surface area (Å²) in [7, 11) is 1.37. The normalized spacial score (nSPS) is 16.6. The third-order valence-corrected chi connectivity index (χ3v) is 4.67. The molecule has 0 radical (unpaired) electrons. The Balaban J connectivity index is 1.54. The molecular formula is C17H18N4O3. The van der Waals surface area contributed by atoms with Crippen LogP contribution in [-0.4, -0.2) is 45.8 Å². The second-order valence-electron chi connectivity index (χ2n) is 6.28. The molecule has 2 heterocycles. The first-order valence-corrected chi connectivity index (χ1v) is 8.07. The van der Waals surface area contributed by atoms with Gasteiger partial charge in [-0.2, -0.15) is 15.4 Å². The first kappa shape index (κ1) is 14.9. The number of carbonyl (C=O) groups excluding carboxylic acids is 2. The fourth-order valence-corrected chi connectivity index (χ4v) is 3.16. The predicted molar refractivity (Wildman–Crippen MR) is 84.6 cm³/mol. The second-order valence-corrected chi connectivity index (χ2v) is 6.28. The number of nitrogens with zero attached hydrogens (tertiary/aromatic N) is 3. The molecule has 4 rings (SSSR count). The summed E-state index contributed by atoms with van der Waals surface area (Å²) in [6.45, 7) is 1.13. The minimum absolute atomic E-state index is 0.0756. The highest BCUT2D eigenvalue weighted by atomic mass is 16.5. The van der Waals surface area contributed by atoms with Crippen LogP contribution >= 0.6 is 0 Å². The van der Waals surface area contributed by atoms with Crippen molar-refractivity contribution in [2.45, 2.75) is 31.7 Å². The van der Waals surface area contributed by atoms with Gasteiger partial charge in [0.15, 0.2) is 5.69 Å². The molecule has 0 spiro atoms. The summed E-state index contributed by atoms with van der Waals surface area (Å²) in [6, 6.07) is 5.49. The smallest absolute Gasteiger partial charge is 0.337 e. The van der Waals surface area contributed by atoms with Crippen molar-refractivity contribution in [3.63, 3.8) is 0 Å². The van der Waals surface area contributed by atoms with Crippen LogP contribution in [0, 0.1) is 0 Å². The highest BCUT2D eigenvalue weighted by Crippen LogP contribution is 2.40. The third-order valence-electron chi connectivity index (χ3n) is 4.67. The summed E-state index contributed by atoms with van der Waals surface area (Å²) in [5.41, 5.74) is 3.94. The number of carbonyl (C=O) groups is 2. The van der Waals surface area contributed by atoms with Gasteiger partial charge in [0.05, 0.1) is 18.4 Å². The first-order valence-electron chi connectivity index (χ1n) is 8.07. The molecule has 1 fully saturated rings. The van der Waals surface area contributed by atoms with Crippen molar-refractivity contribution in [2.75, 3.05) is 13.7 Å². The van der Waals surface area contributed by atoms with Crippen molar-refractivity contribution in [3.8, 4) is 0 Å². The maximum Gasteiger partial charge on any atom is 0.337 e. The lowest BCUT2D eigenvalue weighted by molar-refractivity contribution is 0.0599. The Kier molecular flexibility index (Phi) is 3.55. The Morgan fingerprint density at radius 3 is 2.83 bits per heavy atom. The number of hydrogen-bond donors (Lipinski definition) is 1. The van der Waals surface area contributed by atoms with Crippen molar-refractivity contribution in [1.29, 1.82) is 0 Å². The van der Waals surface area contributed by atoms with Gasteiger partial charge < -0.3 is 9.64 Å². The maximum atomic E-state index is 12.8. The average Bonchev–Trinajstić information content (AvgIpc) is 3.36. The molecule has 7 heteroatoms. The van der Waals surface area contributed by atoms with E-state index in [2.05, 4.69) is 15.4 Å². The highest BCUT2D eigenvalue weighted by Gasteiger charge is 2.34. The number of benzene rings is 1. The number of ether oxygens (including phenoxy) is 1. The van der Waals surface area contributed by atoms with Gasteiger partial charge in [-0.3, -0.25) is 4.79 Å². The van der Waals surface area contributed by atoms with Gasteiger partial charge in [0.1, 0.15) is 0 Å². The number of amides is 1. The van der Waals surface area contributed by atoms with Crippen LogP contribution in [0.5, 0.6) is 0 Å². The van der Waals surface area contributed by atoms with E-state index in [0.717, 1.165) is 29.7 Å². The van der Waals surface area contributed by atoms with Crippen LogP contribution in [0.2, 0.25) is 0 Å². The van der Waals surface area contributed by atoms with Gasteiger partial charge in [-0.1, -0.05) is 6.07 Å². The van der Waals surface area contributed by atoms with E-state index in [1.165, 1.54) is 7.11 Å². The number of aromatic nitrogens is 3. The van der Waals surface area contributed by atoms with Crippen LogP contribution in [0.4, 0.5) is 0 Å². The molecule has 1 aliphatic carbocycles. The lowest BCUT2D eigenvalue weighted by atomic mass is 9.97. The van der Waals surface area contributed by atoms with Crippen molar-refractivity contribution in [3.05, 3.63) is 46.3 Å². The van der Waals surface area contributed by atoms with Gasteiger partial charge in [0.25, 0.3) is 5.91 Å². The van der Waals surface area contributed by atoms with Crippen molar-refractivity contribution < 1.29 is 14.3 Å². The average molecular weight is 326 g/mol. The SMILES string of the molecule is COC(=O)c1ccc2c(c1)CCN(C(=O)c1n[nH]nc1C1CC1)C2. The summed E-state index contributed by atoms with van der Waals surface area (Å²) in [5, 5.41) is 10.8. The van der Waals surface area contributed by atoms with Gasteiger partial charge >= 0.3 is 5.97 Å².